The van der Waals surface area contributed by atoms with Gasteiger partial charge in [0.15, 0.2) is 0 Å². The van der Waals surface area contributed by atoms with Gasteiger partial charge in [0.25, 0.3) is 0 Å². The maximum Gasteiger partial charge on any atom is 0.243 e. The van der Waals surface area contributed by atoms with Crippen molar-refractivity contribution in [3.05, 3.63) is 59.7 Å². The SMILES string of the molecule is Cc1ccc(NCC(=O)Nc2ccccc2C(C)C)cc1. The number of hydrogen-bond acceptors (Lipinski definition) is 2. The number of anilines is 2. The van der Waals surface area contributed by atoms with E-state index >= 15 is 0 Å². The zero-order chi connectivity index (χ0) is 15.2. The minimum atomic E-state index is -0.0383. The van der Waals surface area contributed by atoms with Crippen molar-refractivity contribution in [3.8, 4) is 0 Å². The molecule has 21 heavy (non-hydrogen) atoms. The molecule has 0 atom stereocenters. The van der Waals surface area contributed by atoms with Crippen LogP contribution in [0.15, 0.2) is 48.5 Å². The van der Waals surface area contributed by atoms with Crippen LogP contribution in [0.5, 0.6) is 0 Å². The fourth-order valence-corrected chi connectivity index (χ4v) is 2.16. The fourth-order valence-electron chi connectivity index (χ4n) is 2.16. The number of carbonyl (C=O) groups excluding carboxylic acids is 1. The first-order valence-corrected chi connectivity index (χ1v) is 7.25. The van der Waals surface area contributed by atoms with Gasteiger partial charge in [-0.3, -0.25) is 4.79 Å². The van der Waals surface area contributed by atoms with Crippen LogP contribution in [0.2, 0.25) is 0 Å². The molecule has 1 amide bonds. The van der Waals surface area contributed by atoms with Gasteiger partial charge in [-0.2, -0.15) is 0 Å². The van der Waals surface area contributed by atoms with Gasteiger partial charge in [-0.1, -0.05) is 49.7 Å². The Labute approximate surface area is 126 Å². The van der Waals surface area contributed by atoms with Crippen molar-refractivity contribution in [3.63, 3.8) is 0 Å². The van der Waals surface area contributed by atoms with E-state index in [9.17, 15) is 4.79 Å². The maximum atomic E-state index is 12.1. The molecule has 3 nitrogen and oxygen atoms in total. The molecule has 0 aliphatic rings. The van der Waals surface area contributed by atoms with Gasteiger partial charge in [-0.15, -0.1) is 0 Å². The summed E-state index contributed by atoms with van der Waals surface area (Å²) >= 11 is 0. The third-order valence-electron chi connectivity index (χ3n) is 3.36. The van der Waals surface area contributed by atoms with Crippen LogP contribution < -0.4 is 10.6 Å². The number of hydrogen-bond donors (Lipinski definition) is 2. The maximum absolute atomic E-state index is 12.1. The zero-order valence-electron chi connectivity index (χ0n) is 12.8. The summed E-state index contributed by atoms with van der Waals surface area (Å²) in [5, 5.41) is 6.10. The van der Waals surface area contributed by atoms with E-state index in [0.29, 0.717) is 5.92 Å². The zero-order valence-corrected chi connectivity index (χ0v) is 12.8. The average molecular weight is 282 g/mol. The molecular formula is C18H22N2O. The van der Waals surface area contributed by atoms with Crippen molar-refractivity contribution in [2.75, 3.05) is 17.2 Å². The number of carbonyl (C=O) groups is 1. The number of nitrogens with one attached hydrogen (secondary N) is 2. The summed E-state index contributed by atoms with van der Waals surface area (Å²) in [6.07, 6.45) is 0. The summed E-state index contributed by atoms with van der Waals surface area (Å²) in [6, 6.07) is 15.9. The largest absolute Gasteiger partial charge is 0.376 e. The van der Waals surface area contributed by atoms with Crippen LogP contribution >= 0.6 is 0 Å². The molecule has 0 heterocycles. The number of amides is 1. The molecule has 0 saturated heterocycles. The highest BCUT2D eigenvalue weighted by Gasteiger charge is 2.08. The molecule has 110 valence electrons. The molecule has 2 rings (SSSR count). The molecule has 0 aliphatic carbocycles. The van der Waals surface area contributed by atoms with E-state index in [-0.39, 0.29) is 12.5 Å². The number of aryl methyl sites for hydroxylation is 1. The van der Waals surface area contributed by atoms with Crippen molar-refractivity contribution in [2.24, 2.45) is 0 Å². The Balaban J connectivity index is 1.94. The molecule has 0 radical (unpaired) electrons. The topological polar surface area (TPSA) is 41.1 Å². The van der Waals surface area contributed by atoms with E-state index in [1.54, 1.807) is 0 Å². The van der Waals surface area contributed by atoms with Crippen LogP contribution in [0.3, 0.4) is 0 Å². The normalized spacial score (nSPS) is 10.5. The van der Waals surface area contributed by atoms with Crippen LogP contribution in [-0.4, -0.2) is 12.5 Å². The average Bonchev–Trinajstić information content (AvgIpc) is 2.47. The number of rotatable bonds is 5. The summed E-state index contributed by atoms with van der Waals surface area (Å²) in [7, 11) is 0. The molecular weight excluding hydrogens is 260 g/mol. The smallest absolute Gasteiger partial charge is 0.243 e. The lowest BCUT2D eigenvalue weighted by molar-refractivity contribution is -0.114. The third-order valence-corrected chi connectivity index (χ3v) is 3.36. The third kappa shape index (κ3) is 4.35. The van der Waals surface area contributed by atoms with Crippen LogP contribution in [-0.2, 0) is 4.79 Å². The predicted octanol–water partition coefficient (Wildman–Crippen LogP) is 4.17. The van der Waals surface area contributed by atoms with E-state index in [1.165, 1.54) is 5.56 Å². The van der Waals surface area contributed by atoms with Crippen LogP contribution in [0.1, 0.15) is 30.9 Å². The van der Waals surface area contributed by atoms with Gasteiger partial charge in [0.1, 0.15) is 0 Å². The van der Waals surface area contributed by atoms with Gasteiger partial charge in [0.05, 0.1) is 6.54 Å². The second kappa shape index (κ2) is 6.93. The second-order valence-electron chi connectivity index (χ2n) is 5.51. The highest BCUT2D eigenvalue weighted by molar-refractivity contribution is 5.94. The van der Waals surface area contributed by atoms with E-state index in [0.717, 1.165) is 16.9 Å². The molecule has 0 bridgehead atoms. The molecule has 0 unspecified atom stereocenters. The highest BCUT2D eigenvalue weighted by Crippen LogP contribution is 2.23. The first kappa shape index (κ1) is 15.1. The van der Waals surface area contributed by atoms with Crippen molar-refractivity contribution in [2.45, 2.75) is 26.7 Å². The second-order valence-corrected chi connectivity index (χ2v) is 5.51. The molecule has 3 heteroatoms. The lowest BCUT2D eigenvalue weighted by Crippen LogP contribution is -2.22. The van der Waals surface area contributed by atoms with E-state index in [2.05, 4.69) is 24.5 Å². The quantitative estimate of drug-likeness (QED) is 0.864. The molecule has 0 spiro atoms. The number of para-hydroxylation sites is 1. The Kier molecular flexibility index (Phi) is 4.99. The van der Waals surface area contributed by atoms with Gasteiger partial charge >= 0.3 is 0 Å². The molecule has 2 N–H and O–H groups in total. The van der Waals surface area contributed by atoms with Crippen LogP contribution in [0, 0.1) is 6.92 Å². The van der Waals surface area contributed by atoms with Gasteiger partial charge in [0.2, 0.25) is 5.91 Å². The van der Waals surface area contributed by atoms with Crippen molar-refractivity contribution in [1.29, 1.82) is 0 Å². The van der Waals surface area contributed by atoms with E-state index in [4.69, 9.17) is 0 Å². The van der Waals surface area contributed by atoms with Crippen molar-refractivity contribution < 1.29 is 4.79 Å². The van der Waals surface area contributed by atoms with Crippen molar-refractivity contribution in [1.82, 2.24) is 0 Å². The van der Waals surface area contributed by atoms with E-state index < -0.39 is 0 Å². The van der Waals surface area contributed by atoms with Crippen molar-refractivity contribution >= 4 is 17.3 Å². The van der Waals surface area contributed by atoms with Crippen LogP contribution in [0.25, 0.3) is 0 Å². The standard InChI is InChI=1S/C18H22N2O/c1-13(2)16-6-4-5-7-17(16)20-18(21)12-19-15-10-8-14(3)9-11-15/h4-11,13,19H,12H2,1-3H3,(H,20,21). The lowest BCUT2D eigenvalue weighted by atomic mass is 10.0. The van der Waals surface area contributed by atoms with Gasteiger partial charge in [-0.05, 0) is 36.6 Å². The summed E-state index contributed by atoms with van der Waals surface area (Å²) in [5.74, 6) is 0.343. The molecule has 2 aromatic rings. The van der Waals surface area contributed by atoms with Gasteiger partial charge in [0, 0.05) is 11.4 Å². The Morgan fingerprint density at radius 3 is 2.38 bits per heavy atom. The summed E-state index contributed by atoms with van der Waals surface area (Å²) in [6.45, 7) is 6.54. The Hall–Kier alpha value is -2.29. The minimum Gasteiger partial charge on any atom is -0.376 e. The fraction of sp³-hybridized carbons (Fsp3) is 0.278. The molecule has 0 saturated carbocycles. The lowest BCUT2D eigenvalue weighted by Gasteiger charge is -2.14. The Morgan fingerprint density at radius 1 is 1.05 bits per heavy atom. The van der Waals surface area contributed by atoms with Gasteiger partial charge in [-0.25, -0.2) is 0 Å². The van der Waals surface area contributed by atoms with Crippen LogP contribution in [0.4, 0.5) is 11.4 Å². The summed E-state index contributed by atoms with van der Waals surface area (Å²) < 4.78 is 0. The molecule has 0 aromatic heterocycles. The number of benzene rings is 2. The monoisotopic (exact) mass is 282 g/mol. The Bertz CT molecular complexity index is 603. The Morgan fingerprint density at radius 2 is 1.71 bits per heavy atom. The summed E-state index contributed by atoms with van der Waals surface area (Å²) in [5.41, 5.74) is 4.20. The first-order chi connectivity index (χ1) is 10.1. The predicted molar refractivity (Wildman–Crippen MR) is 88.8 cm³/mol. The van der Waals surface area contributed by atoms with E-state index in [1.807, 2.05) is 55.5 Å². The molecule has 0 aliphatic heterocycles. The highest BCUT2D eigenvalue weighted by atomic mass is 16.1. The molecule has 2 aromatic carbocycles. The molecule has 0 fully saturated rings. The first-order valence-electron chi connectivity index (χ1n) is 7.25. The van der Waals surface area contributed by atoms with Gasteiger partial charge < -0.3 is 10.6 Å². The summed E-state index contributed by atoms with van der Waals surface area (Å²) in [4.78, 5) is 12.1. The minimum absolute atomic E-state index is 0.0383.